The molecule has 0 rings (SSSR count). The minimum absolute atomic E-state index is 0.404. The molecular weight excluding hydrogens is 184 g/mol. The van der Waals surface area contributed by atoms with Crippen molar-refractivity contribution in [2.45, 2.75) is 59.4 Å². The van der Waals surface area contributed by atoms with E-state index in [1.54, 1.807) is 0 Å². The van der Waals surface area contributed by atoms with Crippen LogP contribution in [0.2, 0.25) is 0 Å². The Hall–Kier alpha value is -0.0800. The van der Waals surface area contributed by atoms with Gasteiger partial charge in [-0.1, -0.05) is 40.5 Å². The Morgan fingerprint density at radius 1 is 1.13 bits per heavy atom. The molecule has 0 fully saturated rings. The van der Waals surface area contributed by atoms with Gasteiger partial charge in [0.05, 0.1) is 0 Å². The highest BCUT2D eigenvalue weighted by molar-refractivity contribution is 4.66. The maximum atomic E-state index is 6.02. The summed E-state index contributed by atoms with van der Waals surface area (Å²) in [6.45, 7) is 12.6. The average molecular weight is 214 g/mol. The molecule has 2 N–H and O–H groups in total. The van der Waals surface area contributed by atoms with E-state index >= 15 is 0 Å². The van der Waals surface area contributed by atoms with Crippen molar-refractivity contribution in [3.63, 3.8) is 0 Å². The average Bonchev–Trinajstić information content (AvgIpc) is 2.24. The Balaban J connectivity index is 3.69. The van der Waals surface area contributed by atoms with E-state index in [1.807, 2.05) is 0 Å². The number of hydrogen-bond acceptors (Lipinski definition) is 2. The van der Waals surface area contributed by atoms with Crippen LogP contribution in [0.15, 0.2) is 0 Å². The molecule has 0 saturated carbocycles. The molecule has 92 valence electrons. The third-order valence-electron chi connectivity index (χ3n) is 3.19. The van der Waals surface area contributed by atoms with Crippen molar-refractivity contribution in [1.29, 1.82) is 0 Å². The number of nitrogens with zero attached hydrogens (tertiary/aromatic N) is 1. The summed E-state index contributed by atoms with van der Waals surface area (Å²) in [6.07, 6.45) is 4.80. The van der Waals surface area contributed by atoms with Crippen LogP contribution in [0.1, 0.15) is 53.4 Å². The van der Waals surface area contributed by atoms with Crippen molar-refractivity contribution in [3.8, 4) is 0 Å². The summed E-state index contributed by atoms with van der Waals surface area (Å²) in [5.41, 5.74) is 6.02. The van der Waals surface area contributed by atoms with Gasteiger partial charge < -0.3 is 10.6 Å². The quantitative estimate of drug-likeness (QED) is 0.639. The number of rotatable bonds is 9. The second-order valence-corrected chi connectivity index (χ2v) is 4.74. The molecule has 0 heterocycles. The third-order valence-corrected chi connectivity index (χ3v) is 3.19. The lowest BCUT2D eigenvalue weighted by Gasteiger charge is -2.25. The van der Waals surface area contributed by atoms with Crippen molar-refractivity contribution in [1.82, 2.24) is 4.90 Å². The standard InChI is InChI=1S/C13H30N2/c1-5-8-13(14)9-10-15(7-3)11-12(4)6-2/h12-13H,5-11,14H2,1-4H3. The van der Waals surface area contributed by atoms with Crippen LogP contribution in [0, 0.1) is 5.92 Å². The summed E-state index contributed by atoms with van der Waals surface area (Å²) in [5, 5.41) is 0. The van der Waals surface area contributed by atoms with Crippen molar-refractivity contribution >= 4 is 0 Å². The highest BCUT2D eigenvalue weighted by Crippen LogP contribution is 2.06. The first-order valence-electron chi connectivity index (χ1n) is 6.61. The first-order valence-corrected chi connectivity index (χ1v) is 6.61. The number of hydrogen-bond donors (Lipinski definition) is 1. The molecule has 2 atom stereocenters. The fraction of sp³-hybridized carbons (Fsp3) is 1.00. The van der Waals surface area contributed by atoms with Gasteiger partial charge in [-0.25, -0.2) is 0 Å². The maximum Gasteiger partial charge on any atom is 0.00509 e. The minimum Gasteiger partial charge on any atom is -0.328 e. The highest BCUT2D eigenvalue weighted by atomic mass is 15.1. The van der Waals surface area contributed by atoms with Crippen molar-refractivity contribution in [2.24, 2.45) is 11.7 Å². The molecule has 0 bridgehead atoms. The normalized spacial score (nSPS) is 15.6. The molecule has 0 spiro atoms. The molecular formula is C13H30N2. The molecule has 0 aliphatic heterocycles. The maximum absolute atomic E-state index is 6.02. The van der Waals surface area contributed by atoms with Gasteiger partial charge in [0.25, 0.3) is 0 Å². The summed E-state index contributed by atoms with van der Waals surface area (Å²) in [7, 11) is 0. The van der Waals surface area contributed by atoms with Crippen LogP contribution < -0.4 is 5.73 Å². The van der Waals surface area contributed by atoms with Crippen LogP contribution in [0.3, 0.4) is 0 Å². The molecule has 0 aromatic heterocycles. The third kappa shape index (κ3) is 7.80. The minimum atomic E-state index is 0.404. The van der Waals surface area contributed by atoms with E-state index in [2.05, 4.69) is 32.6 Å². The first-order chi connectivity index (χ1) is 7.13. The summed E-state index contributed by atoms with van der Waals surface area (Å²) in [4.78, 5) is 2.53. The molecule has 0 saturated heterocycles. The van der Waals surface area contributed by atoms with Gasteiger partial charge in [-0.05, 0) is 31.8 Å². The zero-order valence-corrected chi connectivity index (χ0v) is 11.1. The zero-order valence-electron chi connectivity index (χ0n) is 11.1. The van der Waals surface area contributed by atoms with E-state index in [-0.39, 0.29) is 0 Å². The summed E-state index contributed by atoms with van der Waals surface area (Å²) in [5.74, 6) is 0.812. The molecule has 0 amide bonds. The lowest BCUT2D eigenvalue weighted by atomic mass is 10.1. The van der Waals surface area contributed by atoms with Crippen LogP contribution in [0.5, 0.6) is 0 Å². The van der Waals surface area contributed by atoms with Crippen LogP contribution >= 0.6 is 0 Å². The Bertz CT molecular complexity index is 136. The SMILES string of the molecule is CCCC(N)CCN(CC)CC(C)CC. The van der Waals surface area contributed by atoms with Gasteiger partial charge in [-0.15, -0.1) is 0 Å². The molecule has 0 radical (unpaired) electrons. The second kappa shape index (κ2) is 9.17. The van der Waals surface area contributed by atoms with Crippen LogP contribution in [-0.4, -0.2) is 30.6 Å². The molecule has 0 aromatic rings. The molecule has 2 nitrogen and oxygen atoms in total. The molecule has 0 aromatic carbocycles. The monoisotopic (exact) mass is 214 g/mol. The van der Waals surface area contributed by atoms with Crippen LogP contribution in [0.25, 0.3) is 0 Å². The second-order valence-electron chi connectivity index (χ2n) is 4.74. The van der Waals surface area contributed by atoms with Crippen LogP contribution in [0.4, 0.5) is 0 Å². The Kier molecular flexibility index (Phi) is 9.12. The zero-order chi connectivity index (χ0) is 11.7. The Morgan fingerprint density at radius 3 is 2.27 bits per heavy atom. The molecule has 0 aliphatic rings. The number of nitrogens with two attached hydrogens (primary N) is 1. The Labute approximate surface area is 96.2 Å². The summed E-state index contributed by atoms with van der Waals surface area (Å²) in [6, 6.07) is 0.404. The largest absolute Gasteiger partial charge is 0.328 e. The van der Waals surface area contributed by atoms with E-state index in [1.165, 1.54) is 32.4 Å². The van der Waals surface area contributed by atoms with E-state index < -0.39 is 0 Å². The van der Waals surface area contributed by atoms with Crippen molar-refractivity contribution in [2.75, 3.05) is 19.6 Å². The van der Waals surface area contributed by atoms with Gasteiger partial charge in [0.15, 0.2) is 0 Å². The summed E-state index contributed by atoms with van der Waals surface area (Å²) < 4.78 is 0. The fourth-order valence-electron chi connectivity index (χ4n) is 1.81. The van der Waals surface area contributed by atoms with E-state index in [0.29, 0.717) is 6.04 Å². The topological polar surface area (TPSA) is 29.3 Å². The van der Waals surface area contributed by atoms with Gasteiger partial charge >= 0.3 is 0 Å². The molecule has 2 heteroatoms. The van der Waals surface area contributed by atoms with Gasteiger partial charge in [0.2, 0.25) is 0 Å². The van der Waals surface area contributed by atoms with E-state index in [0.717, 1.165) is 18.9 Å². The van der Waals surface area contributed by atoms with Gasteiger partial charge in [-0.2, -0.15) is 0 Å². The van der Waals surface area contributed by atoms with Gasteiger partial charge in [-0.3, -0.25) is 0 Å². The van der Waals surface area contributed by atoms with Crippen molar-refractivity contribution < 1.29 is 0 Å². The molecule has 15 heavy (non-hydrogen) atoms. The van der Waals surface area contributed by atoms with E-state index in [4.69, 9.17) is 5.73 Å². The van der Waals surface area contributed by atoms with Gasteiger partial charge in [0, 0.05) is 12.6 Å². The predicted molar refractivity (Wildman–Crippen MR) is 69.1 cm³/mol. The van der Waals surface area contributed by atoms with Crippen LogP contribution in [-0.2, 0) is 0 Å². The highest BCUT2D eigenvalue weighted by Gasteiger charge is 2.09. The predicted octanol–water partition coefficient (Wildman–Crippen LogP) is 2.87. The fourth-order valence-corrected chi connectivity index (χ4v) is 1.81. The van der Waals surface area contributed by atoms with Gasteiger partial charge in [0.1, 0.15) is 0 Å². The van der Waals surface area contributed by atoms with Crippen molar-refractivity contribution in [3.05, 3.63) is 0 Å². The lowest BCUT2D eigenvalue weighted by Crippen LogP contribution is -2.33. The van der Waals surface area contributed by atoms with E-state index in [9.17, 15) is 0 Å². The molecule has 2 unspecified atom stereocenters. The first kappa shape index (κ1) is 14.9. The molecule has 0 aliphatic carbocycles. The smallest absolute Gasteiger partial charge is 0.00509 e. The Morgan fingerprint density at radius 2 is 1.80 bits per heavy atom. The summed E-state index contributed by atoms with van der Waals surface area (Å²) >= 11 is 0. The lowest BCUT2D eigenvalue weighted by molar-refractivity contribution is 0.236.